The Balaban J connectivity index is 2.40. The maximum atomic E-state index is 11.1. The molecule has 0 atom stereocenters. The van der Waals surface area contributed by atoms with Gasteiger partial charge in [0.1, 0.15) is 0 Å². The number of carbonyl (C=O) groups excluding carboxylic acids is 1. The molecule has 0 saturated heterocycles. The molecule has 0 aliphatic rings. The van der Waals surface area contributed by atoms with Crippen LogP contribution in [0.4, 0.5) is 0 Å². The Morgan fingerprint density at radius 3 is 2.17 bits per heavy atom. The third-order valence-electron chi connectivity index (χ3n) is 2.59. The largest absolute Gasteiger partial charge is 0.366 e. The third-order valence-corrected chi connectivity index (χ3v) is 2.83. The second-order valence-corrected chi connectivity index (χ2v) is 4.31. The predicted octanol–water partition coefficient (Wildman–Crippen LogP) is 3.30. The van der Waals surface area contributed by atoms with E-state index in [1.54, 1.807) is 30.3 Å². The van der Waals surface area contributed by atoms with Crippen LogP contribution in [-0.4, -0.2) is 5.91 Å². The van der Waals surface area contributed by atoms with Gasteiger partial charge in [0.25, 0.3) is 0 Å². The summed E-state index contributed by atoms with van der Waals surface area (Å²) in [5.41, 5.74) is 7.77. The van der Waals surface area contributed by atoms with E-state index in [2.05, 4.69) is 0 Å². The fourth-order valence-corrected chi connectivity index (χ4v) is 1.85. The molecule has 2 aromatic carbocycles. The summed E-state index contributed by atoms with van der Waals surface area (Å²) in [5.74, 6) is -0.476. The molecule has 0 bridgehead atoms. The van der Waals surface area contributed by atoms with Crippen LogP contribution in [0, 0.1) is 6.58 Å². The quantitative estimate of drug-likeness (QED) is 0.900. The van der Waals surface area contributed by atoms with Crippen LogP contribution in [0.1, 0.15) is 21.5 Å². The molecule has 1 amide bonds. The van der Waals surface area contributed by atoms with Crippen LogP contribution in [0.2, 0.25) is 5.02 Å². The molecule has 2 aromatic rings. The predicted molar refractivity (Wildman–Crippen MR) is 73.2 cm³/mol. The number of hydrogen-bond acceptors (Lipinski definition) is 1. The molecular weight excluding hydrogens is 246 g/mol. The summed E-state index contributed by atoms with van der Waals surface area (Å²) >= 11 is 5.92. The lowest BCUT2D eigenvalue weighted by Crippen LogP contribution is -2.10. The average molecular weight is 257 g/mol. The lowest BCUT2D eigenvalue weighted by Gasteiger charge is -2.07. The van der Waals surface area contributed by atoms with E-state index in [1.807, 2.05) is 18.2 Å². The number of carbonyl (C=O) groups is 1. The molecule has 18 heavy (non-hydrogen) atoms. The zero-order chi connectivity index (χ0) is 13.1. The highest BCUT2D eigenvalue weighted by Crippen LogP contribution is 2.24. The highest BCUT2D eigenvalue weighted by atomic mass is 35.5. The van der Waals surface area contributed by atoms with Crippen molar-refractivity contribution in [1.29, 1.82) is 0 Å². The maximum absolute atomic E-state index is 11.1. The molecule has 0 saturated carbocycles. The molecule has 0 aromatic heterocycles. The minimum Gasteiger partial charge on any atom is -0.366 e. The summed E-state index contributed by atoms with van der Waals surface area (Å²) in [5, 5.41) is 0.613. The van der Waals surface area contributed by atoms with E-state index in [4.69, 9.17) is 23.9 Å². The third kappa shape index (κ3) is 2.60. The van der Waals surface area contributed by atoms with Crippen molar-refractivity contribution in [2.75, 3.05) is 0 Å². The second kappa shape index (κ2) is 5.07. The molecule has 0 spiro atoms. The molecule has 2 N–H and O–H groups in total. The minimum absolute atomic E-state index is 0.428. The first-order chi connectivity index (χ1) is 8.58. The summed E-state index contributed by atoms with van der Waals surface area (Å²) in [6, 6.07) is 14.1. The van der Waals surface area contributed by atoms with Crippen LogP contribution in [-0.2, 0) is 0 Å². The highest BCUT2D eigenvalue weighted by molar-refractivity contribution is 6.30. The van der Waals surface area contributed by atoms with E-state index in [0.717, 1.165) is 11.1 Å². The van der Waals surface area contributed by atoms with Crippen molar-refractivity contribution in [2.24, 2.45) is 5.73 Å². The minimum atomic E-state index is -0.476. The van der Waals surface area contributed by atoms with E-state index < -0.39 is 5.91 Å². The van der Waals surface area contributed by atoms with E-state index in [1.165, 1.54) is 0 Å². The normalized spacial score (nSPS) is 10.1. The molecule has 0 aliphatic heterocycles. The molecule has 0 aliphatic carbocycles. The highest BCUT2D eigenvalue weighted by Gasteiger charge is 2.06. The summed E-state index contributed by atoms with van der Waals surface area (Å²) < 4.78 is 0. The Morgan fingerprint density at radius 2 is 1.56 bits per heavy atom. The molecule has 0 fully saturated rings. The fraction of sp³-hybridized carbons (Fsp3) is 0. The number of primary amides is 1. The molecule has 89 valence electrons. The molecule has 1 radical (unpaired) electrons. The van der Waals surface area contributed by atoms with Gasteiger partial charge in [-0.1, -0.05) is 42.4 Å². The van der Waals surface area contributed by atoms with Gasteiger partial charge in [0.05, 0.1) is 0 Å². The first-order valence-corrected chi connectivity index (χ1v) is 5.74. The summed E-state index contributed by atoms with van der Waals surface area (Å²) in [4.78, 5) is 11.1. The van der Waals surface area contributed by atoms with Gasteiger partial charge in [-0.2, -0.15) is 0 Å². The molecule has 2 nitrogen and oxygen atoms in total. The lowest BCUT2D eigenvalue weighted by atomic mass is 9.98. The van der Waals surface area contributed by atoms with Crippen molar-refractivity contribution < 1.29 is 4.79 Å². The van der Waals surface area contributed by atoms with Crippen molar-refractivity contribution in [3.8, 4) is 0 Å². The Morgan fingerprint density at radius 1 is 1.00 bits per heavy atom. The van der Waals surface area contributed by atoms with E-state index in [9.17, 15) is 4.79 Å². The van der Waals surface area contributed by atoms with Crippen LogP contribution in [0.5, 0.6) is 0 Å². The van der Waals surface area contributed by atoms with Crippen molar-refractivity contribution in [3.05, 3.63) is 76.8 Å². The van der Waals surface area contributed by atoms with Gasteiger partial charge in [-0.25, -0.2) is 0 Å². The van der Waals surface area contributed by atoms with E-state index in [0.29, 0.717) is 16.2 Å². The van der Waals surface area contributed by atoms with Gasteiger partial charge in [-0.05, 0) is 41.0 Å². The Kier molecular flexibility index (Phi) is 3.49. The topological polar surface area (TPSA) is 43.1 Å². The molecule has 2 rings (SSSR count). The van der Waals surface area contributed by atoms with Crippen molar-refractivity contribution in [1.82, 2.24) is 0 Å². The zero-order valence-electron chi connectivity index (χ0n) is 9.56. The van der Waals surface area contributed by atoms with E-state index >= 15 is 0 Å². The SMILES string of the molecule is [CH]=C(c1cccc(Cl)c1)c1cccc(C(N)=O)c1. The number of benzene rings is 2. The maximum Gasteiger partial charge on any atom is 0.248 e. The van der Waals surface area contributed by atoms with Crippen molar-refractivity contribution >= 4 is 23.1 Å². The van der Waals surface area contributed by atoms with Crippen LogP contribution >= 0.6 is 11.6 Å². The van der Waals surface area contributed by atoms with E-state index in [-0.39, 0.29) is 0 Å². The van der Waals surface area contributed by atoms with Gasteiger partial charge in [-0.15, -0.1) is 0 Å². The van der Waals surface area contributed by atoms with Crippen LogP contribution in [0.25, 0.3) is 5.57 Å². The summed E-state index contributed by atoms with van der Waals surface area (Å²) in [7, 11) is 0. The average Bonchev–Trinajstić information content (AvgIpc) is 2.38. The molecule has 0 unspecified atom stereocenters. The standard InChI is InChI=1S/C15H11ClNO/c1-10(12-5-3-7-14(16)9-12)11-4-2-6-13(8-11)15(17)18/h1-9H,(H2,17,18). The number of halogens is 1. The first kappa shape index (κ1) is 12.4. The van der Waals surface area contributed by atoms with Crippen LogP contribution in [0.15, 0.2) is 48.5 Å². The fourth-order valence-electron chi connectivity index (χ4n) is 1.66. The summed E-state index contributed by atoms with van der Waals surface area (Å²) in [6.07, 6.45) is 0. The Labute approximate surface area is 111 Å². The van der Waals surface area contributed by atoms with Gasteiger partial charge in [0.15, 0.2) is 0 Å². The van der Waals surface area contributed by atoms with Gasteiger partial charge < -0.3 is 5.73 Å². The number of rotatable bonds is 3. The van der Waals surface area contributed by atoms with Crippen molar-refractivity contribution in [3.63, 3.8) is 0 Å². The molecule has 3 heteroatoms. The second-order valence-electron chi connectivity index (χ2n) is 3.87. The Hall–Kier alpha value is -2.06. The van der Waals surface area contributed by atoms with Gasteiger partial charge >= 0.3 is 0 Å². The van der Waals surface area contributed by atoms with Crippen molar-refractivity contribution in [2.45, 2.75) is 0 Å². The number of nitrogens with two attached hydrogens (primary N) is 1. The lowest BCUT2D eigenvalue weighted by molar-refractivity contribution is 0.100. The summed E-state index contributed by atoms with van der Waals surface area (Å²) in [6.45, 7) is 6.06. The number of amides is 1. The monoisotopic (exact) mass is 256 g/mol. The smallest absolute Gasteiger partial charge is 0.248 e. The van der Waals surface area contributed by atoms with Gasteiger partial charge in [0, 0.05) is 10.6 Å². The molecule has 0 heterocycles. The zero-order valence-corrected chi connectivity index (χ0v) is 10.3. The molecular formula is C15H11ClNO. The Bertz CT molecular complexity index is 619. The number of hydrogen-bond donors (Lipinski definition) is 1. The van der Waals surface area contributed by atoms with Crippen LogP contribution < -0.4 is 5.73 Å². The van der Waals surface area contributed by atoms with Gasteiger partial charge in [-0.3, -0.25) is 4.79 Å². The van der Waals surface area contributed by atoms with Crippen LogP contribution in [0.3, 0.4) is 0 Å². The first-order valence-electron chi connectivity index (χ1n) is 5.36. The van der Waals surface area contributed by atoms with Gasteiger partial charge in [0.2, 0.25) is 5.91 Å².